The molecule has 0 aromatic rings. The number of methoxy groups -OCH3 is 1. The molecule has 1 aliphatic carbocycles. The molecule has 0 spiro atoms. The van der Waals surface area contributed by atoms with Gasteiger partial charge in [0.2, 0.25) is 5.91 Å². The van der Waals surface area contributed by atoms with Gasteiger partial charge in [-0.05, 0) is 31.6 Å². The van der Waals surface area contributed by atoms with Crippen molar-refractivity contribution in [2.24, 2.45) is 5.92 Å². The molecule has 2 fully saturated rings. The fourth-order valence-corrected chi connectivity index (χ4v) is 3.52. The third-order valence-corrected chi connectivity index (χ3v) is 4.79. The first-order valence-corrected chi connectivity index (χ1v) is 8.40. The molecule has 0 aromatic carbocycles. The molecule has 1 heterocycles. The largest absolute Gasteiger partial charge is 0.383 e. The number of nitrogens with one attached hydrogen (secondary N) is 1. The molecule has 1 aliphatic heterocycles. The van der Waals surface area contributed by atoms with E-state index < -0.39 is 12.1 Å². The number of hydrogen-bond acceptors (Lipinski definition) is 4. The van der Waals surface area contributed by atoms with E-state index in [0.29, 0.717) is 26.1 Å². The Morgan fingerprint density at radius 2 is 1.95 bits per heavy atom. The molecule has 0 unspecified atom stereocenters. The Kier molecular flexibility index (Phi) is 6.64. The van der Waals surface area contributed by atoms with Crippen molar-refractivity contribution >= 4 is 11.8 Å². The van der Waals surface area contributed by atoms with E-state index >= 15 is 0 Å². The molecule has 6 heteroatoms. The van der Waals surface area contributed by atoms with Gasteiger partial charge in [0.1, 0.15) is 12.1 Å². The Bertz CT molecular complexity index is 382. The zero-order valence-corrected chi connectivity index (χ0v) is 13.4. The molecule has 2 N–H and O–H groups in total. The predicted octanol–water partition coefficient (Wildman–Crippen LogP) is 0.681. The number of carbonyl (C=O) groups is 2. The quantitative estimate of drug-likeness (QED) is 0.707. The molecule has 2 atom stereocenters. The van der Waals surface area contributed by atoms with Gasteiger partial charge in [0.25, 0.3) is 5.91 Å². The number of hydrogen-bond donors (Lipinski definition) is 2. The lowest BCUT2D eigenvalue weighted by Gasteiger charge is -2.31. The van der Waals surface area contributed by atoms with Crippen LogP contribution < -0.4 is 5.32 Å². The number of rotatable bonds is 6. The number of carbonyl (C=O) groups excluding carboxylic acids is 2. The van der Waals surface area contributed by atoms with E-state index in [2.05, 4.69) is 5.32 Å². The molecular weight excluding hydrogens is 284 g/mol. The van der Waals surface area contributed by atoms with Crippen LogP contribution in [-0.4, -0.2) is 60.8 Å². The van der Waals surface area contributed by atoms with Crippen LogP contribution in [0.15, 0.2) is 0 Å². The van der Waals surface area contributed by atoms with Gasteiger partial charge in [-0.2, -0.15) is 0 Å². The van der Waals surface area contributed by atoms with Crippen LogP contribution >= 0.6 is 0 Å². The average molecular weight is 312 g/mol. The molecule has 6 nitrogen and oxygen atoms in total. The molecule has 1 saturated carbocycles. The zero-order valence-electron chi connectivity index (χ0n) is 13.4. The minimum atomic E-state index is -0.951. The summed E-state index contributed by atoms with van der Waals surface area (Å²) in [6.45, 7) is 1.46. The topological polar surface area (TPSA) is 78.9 Å². The van der Waals surface area contributed by atoms with Crippen molar-refractivity contribution in [1.29, 1.82) is 0 Å². The molecule has 2 amide bonds. The van der Waals surface area contributed by atoms with Crippen molar-refractivity contribution in [3.8, 4) is 0 Å². The van der Waals surface area contributed by atoms with Gasteiger partial charge in [0.15, 0.2) is 0 Å². The van der Waals surface area contributed by atoms with Crippen LogP contribution in [0.5, 0.6) is 0 Å². The summed E-state index contributed by atoms with van der Waals surface area (Å²) in [7, 11) is 1.58. The van der Waals surface area contributed by atoms with Gasteiger partial charge in [-0.3, -0.25) is 9.59 Å². The summed E-state index contributed by atoms with van der Waals surface area (Å²) in [4.78, 5) is 26.3. The van der Waals surface area contributed by atoms with Gasteiger partial charge in [0.05, 0.1) is 6.61 Å². The highest BCUT2D eigenvalue weighted by Crippen LogP contribution is 2.29. The molecule has 22 heavy (non-hydrogen) atoms. The third-order valence-electron chi connectivity index (χ3n) is 4.79. The molecule has 0 bridgehead atoms. The minimum absolute atomic E-state index is 0.0547. The van der Waals surface area contributed by atoms with Crippen LogP contribution in [0.3, 0.4) is 0 Å². The lowest BCUT2D eigenvalue weighted by atomic mass is 9.84. The Balaban J connectivity index is 1.90. The van der Waals surface area contributed by atoms with Crippen LogP contribution in [0.4, 0.5) is 0 Å². The monoisotopic (exact) mass is 312 g/mol. The van der Waals surface area contributed by atoms with Gasteiger partial charge >= 0.3 is 0 Å². The maximum absolute atomic E-state index is 12.6. The van der Waals surface area contributed by atoms with Crippen LogP contribution in [0, 0.1) is 5.92 Å². The van der Waals surface area contributed by atoms with Crippen LogP contribution in [0.2, 0.25) is 0 Å². The number of nitrogens with zero attached hydrogens (tertiary/aromatic N) is 1. The highest BCUT2D eigenvalue weighted by atomic mass is 16.5. The SMILES string of the molecule is COCCNC(=O)[C@@H]1CCCN1C(=O)[C@H](O)C1CCCCC1. The lowest BCUT2D eigenvalue weighted by molar-refractivity contribution is -0.148. The standard InChI is InChI=1S/C16H28N2O4/c1-22-11-9-17-15(20)13-8-5-10-18(13)16(21)14(19)12-6-3-2-4-7-12/h12-14,19H,2-11H2,1H3,(H,17,20)/t13-,14+/m0/s1. The second kappa shape index (κ2) is 8.48. The van der Waals surface area contributed by atoms with Crippen LogP contribution in [0.1, 0.15) is 44.9 Å². The van der Waals surface area contributed by atoms with Gasteiger partial charge in [0, 0.05) is 20.2 Å². The summed E-state index contributed by atoms with van der Waals surface area (Å²) in [5.41, 5.74) is 0. The summed E-state index contributed by atoms with van der Waals surface area (Å²) in [6.07, 6.45) is 5.69. The van der Waals surface area contributed by atoms with Gasteiger partial charge < -0.3 is 20.1 Å². The van der Waals surface area contributed by atoms with E-state index in [1.807, 2.05) is 0 Å². The smallest absolute Gasteiger partial charge is 0.252 e. The normalized spacial score (nSPS) is 24.3. The maximum Gasteiger partial charge on any atom is 0.252 e. The van der Waals surface area contributed by atoms with E-state index in [-0.39, 0.29) is 17.7 Å². The fraction of sp³-hybridized carbons (Fsp3) is 0.875. The molecule has 1 saturated heterocycles. The molecule has 0 aromatic heterocycles. The Morgan fingerprint density at radius 1 is 1.23 bits per heavy atom. The number of ether oxygens (including phenoxy) is 1. The van der Waals surface area contributed by atoms with E-state index in [1.165, 1.54) is 6.42 Å². The minimum Gasteiger partial charge on any atom is -0.383 e. The highest BCUT2D eigenvalue weighted by molar-refractivity contribution is 5.90. The summed E-state index contributed by atoms with van der Waals surface area (Å²) in [6, 6.07) is -0.442. The van der Waals surface area contributed by atoms with Crippen molar-refractivity contribution in [1.82, 2.24) is 10.2 Å². The van der Waals surface area contributed by atoms with E-state index in [9.17, 15) is 14.7 Å². The molecule has 0 radical (unpaired) electrons. The van der Waals surface area contributed by atoms with E-state index in [4.69, 9.17) is 4.74 Å². The van der Waals surface area contributed by atoms with E-state index in [1.54, 1.807) is 12.0 Å². The maximum atomic E-state index is 12.6. The molecule has 2 rings (SSSR count). The van der Waals surface area contributed by atoms with Crippen molar-refractivity contribution in [2.75, 3.05) is 26.8 Å². The first kappa shape index (κ1) is 17.2. The Labute approximate surface area is 132 Å². The van der Waals surface area contributed by atoms with Gasteiger partial charge in [-0.25, -0.2) is 0 Å². The zero-order chi connectivity index (χ0) is 15.9. The van der Waals surface area contributed by atoms with Crippen molar-refractivity contribution < 1.29 is 19.4 Å². The number of amides is 2. The summed E-state index contributed by atoms with van der Waals surface area (Å²) < 4.78 is 4.91. The third kappa shape index (κ3) is 4.20. The first-order chi connectivity index (χ1) is 10.6. The predicted molar refractivity (Wildman–Crippen MR) is 82.2 cm³/mol. The lowest BCUT2D eigenvalue weighted by Crippen LogP contribution is -2.51. The van der Waals surface area contributed by atoms with Crippen molar-refractivity contribution in [3.05, 3.63) is 0 Å². The summed E-state index contributed by atoms with van der Waals surface area (Å²) >= 11 is 0. The number of aliphatic hydroxyl groups excluding tert-OH is 1. The fourth-order valence-electron chi connectivity index (χ4n) is 3.52. The first-order valence-electron chi connectivity index (χ1n) is 8.40. The number of aliphatic hydroxyl groups is 1. The molecule has 126 valence electrons. The average Bonchev–Trinajstić information content (AvgIpc) is 3.04. The van der Waals surface area contributed by atoms with E-state index in [0.717, 1.165) is 32.1 Å². The number of likely N-dealkylation sites (tertiary alicyclic amines) is 1. The second-order valence-corrected chi connectivity index (χ2v) is 6.32. The second-order valence-electron chi connectivity index (χ2n) is 6.32. The summed E-state index contributed by atoms with van der Waals surface area (Å²) in [5, 5.41) is 13.2. The Hall–Kier alpha value is -1.14. The van der Waals surface area contributed by atoms with Gasteiger partial charge in [-0.1, -0.05) is 19.3 Å². The Morgan fingerprint density at radius 3 is 2.64 bits per heavy atom. The van der Waals surface area contributed by atoms with Crippen molar-refractivity contribution in [3.63, 3.8) is 0 Å². The van der Waals surface area contributed by atoms with Gasteiger partial charge in [-0.15, -0.1) is 0 Å². The molecule has 2 aliphatic rings. The molecular formula is C16H28N2O4. The highest BCUT2D eigenvalue weighted by Gasteiger charge is 2.38. The van der Waals surface area contributed by atoms with Crippen LogP contribution in [-0.2, 0) is 14.3 Å². The summed E-state index contributed by atoms with van der Waals surface area (Å²) in [5.74, 6) is -0.353. The van der Waals surface area contributed by atoms with Crippen molar-refractivity contribution in [2.45, 2.75) is 57.1 Å². The van der Waals surface area contributed by atoms with Crippen LogP contribution in [0.25, 0.3) is 0 Å².